The molecule has 0 radical (unpaired) electrons. The summed E-state index contributed by atoms with van der Waals surface area (Å²) >= 11 is 6.69. The molecule has 0 aliphatic rings. The van der Waals surface area contributed by atoms with Gasteiger partial charge in [-0.25, -0.2) is 4.39 Å². The molecular formula is C16H16Br2FNO. The van der Waals surface area contributed by atoms with E-state index in [-0.39, 0.29) is 11.9 Å². The normalized spacial score (nSPS) is 12.2. The molecule has 21 heavy (non-hydrogen) atoms. The lowest BCUT2D eigenvalue weighted by Gasteiger charge is -2.22. The molecule has 0 saturated heterocycles. The minimum Gasteiger partial charge on any atom is -0.496 e. The number of methoxy groups -OCH3 is 1. The fourth-order valence-corrected chi connectivity index (χ4v) is 2.96. The van der Waals surface area contributed by atoms with Gasteiger partial charge in [0.15, 0.2) is 0 Å². The van der Waals surface area contributed by atoms with Crippen molar-refractivity contribution < 1.29 is 9.13 Å². The second kappa shape index (κ2) is 7.38. The fraction of sp³-hybridized carbons (Fsp3) is 0.250. The van der Waals surface area contributed by atoms with E-state index >= 15 is 0 Å². The maximum absolute atomic E-state index is 13.5. The van der Waals surface area contributed by atoms with Crippen molar-refractivity contribution in [3.8, 4) is 5.75 Å². The van der Waals surface area contributed by atoms with Crippen LogP contribution in [0.3, 0.4) is 0 Å². The zero-order valence-electron chi connectivity index (χ0n) is 11.8. The molecule has 2 aromatic rings. The fourth-order valence-electron chi connectivity index (χ4n) is 2.23. The lowest BCUT2D eigenvalue weighted by molar-refractivity contribution is 0.404. The van der Waals surface area contributed by atoms with Gasteiger partial charge in [0.1, 0.15) is 11.6 Å². The van der Waals surface area contributed by atoms with Crippen molar-refractivity contribution in [1.29, 1.82) is 0 Å². The highest BCUT2D eigenvalue weighted by Crippen LogP contribution is 2.33. The first kappa shape index (κ1) is 16.5. The molecule has 2 rings (SSSR count). The van der Waals surface area contributed by atoms with Gasteiger partial charge < -0.3 is 10.1 Å². The summed E-state index contributed by atoms with van der Waals surface area (Å²) in [6, 6.07) is 10.9. The smallest absolute Gasteiger partial charge is 0.137 e. The number of hydrogen-bond acceptors (Lipinski definition) is 2. The number of benzene rings is 2. The zero-order chi connectivity index (χ0) is 15.4. The summed E-state index contributed by atoms with van der Waals surface area (Å²) in [7, 11) is 1.65. The maximum atomic E-state index is 13.5. The lowest BCUT2D eigenvalue weighted by Crippen LogP contribution is -2.22. The van der Waals surface area contributed by atoms with Crippen LogP contribution in [0.15, 0.2) is 45.3 Å². The second-order valence-corrected chi connectivity index (χ2v) is 6.32. The van der Waals surface area contributed by atoms with E-state index in [9.17, 15) is 4.39 Å². The van der Waals surface area contributed by atoms with Crippen LogP contribution >= 0.6 is 31.9 Å². The average molecular weight is 417 g/mol. The molecule has 0 aromatic heterocycles. The van der Waals surface area contributed by atoms with Gasteiger partial charge in [-0.3, -0.25) is 0 Å². The van der Waals surface area contributed by atoms with Gasteiger partial charge in [-0.2, -0.15) is 0 Å². The molecule has 0 bridgehead atoms. The number of hydrogen-bond donors (Lipinski definition) is 1. The Hall–Kier alpha value is -0.910. The van der Waals surface area contributed by atoms with Crippen LogP contribution < -0.4 is 10.1 Å². The Labute approximate surface area is 141 Å². The topological polar surface area (TPSA) is 21.3 Å². The van der Waals surface area contributed by atoms with Crippen molar-refractivity contribution in [2.75, 3.05) is 13.7 Å². The molecule has 5 heteroatoms. The van der Waals surface area contributed by atoms with E-state index in [0.717, 1.165) is 27.9 Å². The van der Waals surface area contributed by atoms with Gasteiger partial charge in [0.2, 0.25) is 0 Å². The van der Waals surface area contributed by atoms with E-state index in [4.69, 9.17) is 4.74 Å². The van der Waals surface area contributed by atoms with Crippen LogP contribution in [0.4, 0.5) is 4.39 Å². The van der Waals surface area contributed by atoms with Gasteiger partial charge in [-0.1, -0.05) is 35.0 Å². The summed E-state index contributed by atoms with van der Waals surface area (Å²) in [5.74, 6) is 0.521. The Morgan fingerprint density at radius 1 is 1.19 bits per heavy atom. The number of rotatable bonds is 5. The molecule has 1 N–H and O–H groups in total. The van der Waals surface area contributed by atoms with E-state index in [0.29, 0.717) is 4.47 Å². The van der Waals surface area contributed by atoms with Gasteiger partial charge in [-0.05, 0) is 52.3 Å². The Bertz CT molecular complexity index is 634. The molecule has 0 aliphatic heterocycles. The van der Waals surface area contributed by atoms with Crippen LogP contribution in [0.1, 0.15) is 24.1 Å². The van der Waals surface area contributed by atoms with Crippen LogP contribution in [0, 0.1) is 5.82 Å². The highest BCUT2D eigenvalue weighted by atomic mass is 79.9. The molecule has 0 spiro atoms. The van der Waals surface area contributed by atoms with Crippen molar-refractivity contribution in [2.24, 2.45) is 0 Å². The largest absolute Gasteiger partial charge is 0.496 e. The Balaban J connectivity index is 2.50. The van der Waals surface area contributed by atoms with Crippen LogP contribution in [-0.4, -0.2) is 13.7 Å². The molecule has 0 heterocycles. The summed E-state index contributed by atoms with van der Waals surface area (Å²) in [5.41, 5.74) is 1.99. The van der Waals surface area contributed by atoms with E-state index < -0.39 is 0 Å². The third-order valence-corrected chi connectivity index (χ3v) is 4.29. The van der Waals surface area contributed by atoms with Gasteiger partial charge >= 0.3 is 0 Å². The van der Waals surface area contributed by atoms with Crippen LogP contribution in [0.5, 0.6) is 5.75 Å². The number of nitrogens with one attached hydrogen (secondary N) is 1. The summed E-state index contributed by atoms with van der Waals surface area (Å²) in [6.07, 6.45) is 0. The average Bonchev–Trinajstić information content (AvgIpc) is 2.48. The molecule has 2 nitrogen and oxygen atoms in total. The first-order valence-electron chi connectivity index (χ1n) is 6.58. The highest BCUT2D eigenvalue weighted by molar-refractivity contribution is 9.10. The molecular weight excluding hydrogens is 401 g/mol. The predicted octanol–water partition coefficient (Wildman–Crippen LogP) is 5.06. The van der Waals surface area contributed by atoms with Crippen molar-refractivity contribution in [3.05, 3.63) is 62.3 Å². The van der Waals surface area contributed by atoms with Crippen LogP contribution in [-0.2, 0) is 0 Å². The lowest BCUT2D eigenvalue weighted by atomic mass is 9.97. The van der Waals surface area contributed by atoms with E-state index in [1.165, 1.54) is 6.07 Å². The SMILES string of the molecule is CCNC(c1ccc(F)c(Br)c1)c1ccc(Br)cc1OC. The van der Waals surface area contributed by atoms with Crippen LogP contribution in [0.2, 0.25) is 0 Å². The van der Waals surface area contributed by atoms with E-state index in [1.54, 1.807) is 19.2 Å². The molecule has 112 valence electrons. The molecule has 0 fully saturated rings. The molecule has 0 aliphatic carbocycles. The van der Waals surface area contributed by atoms with Crippen molar-refractivity contribution in [1.82, 2.24) is 5.32 Å². The van der Waals surface area contributed by atoms with E-state index in [2.05, 4.69) is 37.2 Å². The van der Waals surface area contributed by atoms with Crippen LogP contribution in [0.25, 0.3) is 0 Å². The Morgan fingerprint density at radius 3 is 2.57 bits per heavy atom. The third kappa shape index (κ3) is 3.84. The standard InChI is InChI=1S/C16H16Br2FNO/c1-3-20-16(10-4-7-14(19)13(18)8-10)12-6-5-11(17)9-15(12)21-2/h4-9,16,20H,3H2,1-2H3. The molecule has 0 amide bonds. The van der Waals surface area contributed by atoms with E-state index in [1.807, 2.05) is 25.1 Å². The summed E-state index contributed by atoms with van der Waals surface area (Å²) in [4.78, 5) is 0. The molecule has 2 aromatic carbocycles. The zero-order valence-corrected chi connectivity index (χ0v) is 15.0. The molecule has 0 saturated carbocycles. The first-order valence-corrected chi connectivity index (χ1v) is 8.17. The monoisotopic (exact) mass is 415 g/mol. The summed E-state index contributed by atoms with van der Waals surface area (Å²) < 4.78 is 20.3. The Kier molecular flexibility index (Phi) is 5.79. The van der Waals surface area contributed by atoms with Gasteiger partial charge in [0.25, 0.3) is 0 Å². The number of ether oxygens (including phenoxy) is 1. The maximum Gasteiger partial charge on any atom is 0.137 e. The highest BCUT2D eigenvalue weighted by Gasteiger charge is 2.18. The third-order valence-electron chi connectivity index (χ3n) is 3.19. The van der Waals surface area contributed by atoms with Crippen molar-refractivity contribution in [2.45, 2.75) is 13.0 Å². The molecule has 1 atom stereocenters. The van der Waals surface area contributed by atoms with Crippen molar-refractivity contribution in [3.63, 3.8) is 0 Å². The van der Waals surface area contributed by atoms with Gasteiger partial charge in [-0.15, -0.1) is 0 Å². The van der Waals surface area contributed by atoms with Crippen molar-refractivity contribution >= 4 is 31.9 Å². The summed E-state index contributed by atoms with van der Waals surface area (Å²) in [6.45, 7) is 2.83. The van der Waals surface area contributed by atoms with Gasteiger partial charge in [0, 0.05) is 10.0 Å². The number of halogens is 3. The summed E-state index contributed by atoms with van der Waals surface area (Å²) in [5, 5.41) is 3.42. The first-order chi connectivity index (χ1) is 10.1. The quantitative estimate of drug-likeness (QED) is 0.735. The minimum absolute atomic E-state index is 0.0602. The minimum atomic E-state index is -0.267. The molecule has 1 unspecified atom stereocenters. The predicted molar refractivity (Wildman–Crippen MR) is 90.3 cm³/mol. The van der Waals surface area contributed by atoms with Gasteiger partial charge in [0.05, 0.1) is 17.6 Å². The second-order valence-electron chi connectivity index (χ2n) is 4.55. The Morgan fingerprint density at radius 2 is 1.95 bits per heavy atom.